The van der Waals surface area contributed by atoms with Gasteiger partial charge in [0.2, 0.25) is 5.91 Å². The Bertz CT molecular complexity index is 941. The average molecular weight is 366 g/mol. The van der Waals surface area contributed by atoms with Crippen LogP contribution in [0.25, 0.3) is 10.8 Å². The van der Waals surface area contributed by atoms with Gasteiger partial charge in [0.25, 0.3) is 0 Å². The second-order valence-electron chi connectivity index (χ2n) is 6.63. The van der Waals surface area contributed by atoms with Crippen LogP contribution in [0.5, 0.6) is 5.75 Å². The van der Waals surface area contributed by atoms with E-state index in [1.165, 1.54) is 12.1 Å². The summed E-state index contributed by atoms with van der Waals surface area (Å²) in [5.41, 5.74) is 1.71. The molecule has 0 saturated heterocycles. The summed E-state index contributed by atoms with van der Waals surface area (Å²) in [5.74, 6) is 0.375. The van der Waals surface area contributed by atoms with Gasteiger partial charge in [-0.2, -0.15) is 0 Å². The monoisotopic (exact) mass is 366 g/mol. The molecule has 3 aromatic carbocycles. The van der Waals surface area contributed by atoms with Crippen molar-refractivity contribution in [2.75, 3.05) is 19.5 Å². The summed E-state index contributed by atoms with van der Waals surface area (Å²) < 4.78 is 18.2. The SMILES string of the molecule is COc1ccc2cc(CN(C)C(C)C(=O)Nc3ccc(F)cc3)ccc2c1. The molecule has 1 unspecified atom stereocenters. The number of rotatable bonds is 6. The van der Waals surface area contributed by atoms with Gasteiger partial charge in [0.15, 0.2) is 0 Å². The van der Waals surface area contributed by atoms with Gasteiger partial charge in [-0.15, -0.1) is 0 Å². The van der Waals surface area contributed by atoms with Gasteiger partial charge in [-0.05, 0) is 72.8 Å². The molecule has 140 valence electrons. The van der Waals surface area contributed by atoms with Crippen molar-refractivity contribution in [3.05, 3.63) is 72.0 Å². The van der Waals surface area contributed by atoms with Crippen molar-refractivity contribution in [1.29, 1.82) is 0 Å². The highest BCUT2D eigenvalue weighted by atomic mass is 19.1. The number of carbonyl (C=O) groups excluding carboxylic acids is 1. The maximum atomic E-state index is 13.0. The van der Waals surface area contributed by atoms with Crippen LogP contribution in [-0.2, 0) is 11.3 Å². The standard InChI is InChI=1S/C22H23FN2O2/c1-15(22(26)24-20-9-7-19(23)8-10-20)25(2)14-16-4-5-18-13-21(27-3)11-6-17(18)12-16/h4-13,15H,14H2,1-3H3,(H,24,26). The van der Waals surface area contributed by atoms with E-state index in [2.05, 4.69) is 23.5 Å². The number of carbonyl (C=O) groups is 1. The van der Waals surface area contributed by atoms with Gasteiger partial charge in [0.1, 0.15) is 11.6 Å². The summed E-state index contributed by atoms with van der Waals surface area (Å²) >= 11 is 0. The van der Waals surface area contributed by atoms with Crippen molar-refractivity contribution in [3.8, 4) is 5.75 Å². The Hall–Kier alpha value is -2.92. The Balaban J connectivity index is 1.66. The normalized spacial score (nSPS) is 12.2. The lowest BCUT2D eigenvalue weighted by Crippen LogP contribution is -2.39. The Morgan fingerprint density at radius 2 is 1.74 bits per heavy atom. The summed E-state index contributed by atoms with van der Waals surface area (Å²) in [4.78, 5) is 14.4. The molecule has 0 aliphatic heterocycles. The predicted octanol–water partition coefficient (Wildman–Crippen LogP) is 4.45. The minimum Gasteiger partial charge on any atom is -0.497 e. The molecule has 1 atom stereocenters. The molecule has 3 aromatic rings. The maximum absolute atomic E-state index is 13.0. The summed E-state index contributed by atoms with van der Waals surface area (Å²) in [6.45, 7) is 2.49. The quantitative estimate of drug-likeness (QED) is 0.701. The lowest BCUT2D eigenvalue weighted by molar-refractivity contribution is -0.120. The topological polar surface area (TPSA) is 41.6 Å². The fourth-order valence-corrected chi connectivity index (χ4v) is 2.90. The number of halogens is 1. The number of amides is 1. The van der Waals surface area contributed by atoms with Crippen molar-refractivity contribution in [2.24, 2.45) is 0 Å². The highest BCUT2D eigenvalue weighted by Gasteiger charge is 2.18. The molecule has 0 aliphatic carbocycles. The third-order valence-corrected chi connectivity index (χ3v) is 4.70. The summed E-state index contributed by atoms with van der Waals surface area (Å²) in [6, 6.07) is 17.6. The Kier molecular flexibility index (Phi) is 5.72. The highest BCUT2D eigenvalue weighted by molar-refractivity contribution is 5.94. The lowest BCUT2D eigenvalue weighted by Gasteiger charge is -2.24. The van der Waals surface area contributed by atoms with Gasteiger partial charge in [-0.3, -0.25) is 9.69 Å². The van der Waals surface area contributed by atoms with E-state index in [9.17, 15) is 9.18 Å². The van der Waals surface area contributed by atoms with E-state index in [1.54, 1.807) is 19.2 Å². The first-order valence-electron chi connectivity index (χ1n) is 8.79. The molecule has 0 spiro atoms. The zero-order valence-corrected chi connectivity index (χ0v) is 15.7. The van der Waals surface area contributed by atoms with Crippen LogP contribution in [0.3, 0.4) is 0 Å². The minimum atomic E-state index is -0.332. The van der Waals surface area contributed by atoms with Crippen molar-refractivity contribution in [3.63, 3.8) is 0 Å². The van der Waals surface area contributed by atoms with Crippen molar-refractivity contribution in [2.45, 2.75) is 19.5 Å². The van der Waals surface area contributed by atoms with Gasteiger partial charge in [0.05, 0.1) is 13.2 Å². The number of nitrogens with one attached hydrogen (secondary N) is 1. The van der Waals surface area contributed by atoms with E-state index in [1.807, 2.05) is 37.1 Å². The third kappa shape index (κ3) is 4.63. The number of hydrogen-bond donors (Lipinski definition) is 1. The molecular weight excluding hydrogens is 343 g/mol. The van der Waals surface area contributed by atoms with E-state index < -0.39 is 0 Å². The van der Waals surface area contributed by atoms with Crippen LogP contribution in [0.1, 0.15) is 12.5 Å². The Morgan fingerprint density at radius 1 is 1.07 bits per heavy atom. The Morgan fingerprint density at radius 3 is 2.44 bits per heavy atom. The molecule has 3 rings (SSSR count). The molecule has 0 aliphatic rings. The largest absolute Gasteiger partial charge is 0.497 e. The number of methoxy groups -OCH3 is 1. The van der Waals surface area contributed by atoms with Crippen LogP contribution < -0.4 is 10.1 Å². The molecule has 0 bridgehead atoms. The number of ether oxygens (including phenoxy) is 1. The van der Waals surface area contributed by atoms with E-state index in [0.717, 1.165) is 22.1 Å². The second kappa shape index (κ2) is 8.18. The van der Waals surface area contributed by atoms with E-state index in [0.29, 0.717) is 12.2 Å². The summed E-state index contributed by atoms with van der Waals surface area (Å²) in [6.07, 6.45) is 0. The van der Waals surface area contributed by atoms with Gasteiger partial charge >= 0.3 is 0 Å². The van der Waals surface area contributed by atoms with Crippen LogP contribution in [0, 0.1) is 5.82 Å². The first-order valence-corrected chi connectivity index (χ1v) is 8.79. The number of anilines is 1. The highest BCUT2D eigenvalue weighted by Crippen LogP contribution is 2.22. The zero-order chi connectivity index (χ0) is 19.4. The molecule has 4 nitrogen and oxygen atoms in total. The molecular formula is C22H23FN2O2. The lowest BCUT2D eigenvalue weighted by atomic mass is 10.1. The molecule has 0 saturated carbocycles. The van der Waals surface area contributed by atoms with Crippen LogP contribution in [0.4, 0.5) is 10.1 Å². The number of hydrogen-bond acceptors (Lipinski definition) is 3. The molecule has 1 amide bonds. The van der Waals surface area contributed by atoms with Crippen LogP contribution in [0.2, 0.25) is 0 Å². The number of benzene rings is 3. The van der Waals surface area contributed by atoms with Gasteiger partial charge in [0, 0.05) is 12.2 Å². The molecule has 1 N–H and O–H groups in total. The molecule has 0 fully saturated rings. The molecule has 27 heavy (non-hydrogen) atoms. The van der Waals surface area contributed by atoms with Crippen molar-refractivity contribution in [1.82, 2.24) is 4.90 Å². The van der Waals surface area contributed by atoms with Crippen LogP contribution in [0.15, 0.2) is 60.7 Å². The first-order chi connectivity index (χ1) is 13.0. The smallest absolute Gasteiger partial charge is 0.241 e. The number of likely N-dealkylation sites (N-methyl/N-ethyl adjacent to an activating group) is 1. The van der Waals surface area contributed by atoms with Crippen molar-refractivity contribution < 1.29 is 13.9 Å². The van der Waals surface area contributed by atoms with Gasteiger partial charge in [-0.25, -0.2) is 4.39 Å². The summed E-state index contributed by atoms with van der Waals surface area (Å²) in [7, 11) is 3.57. The zero-order valence-electron chi connectivity index (χ0n) is 15.7. The van der Waals surface area contributed by atoms with Crippen molar-refractivity contribution >= 4 is 22.4 Å². The maximum Gasteiger partial charge on any atom is 0.241 e. The number of nitrogens with zero attached hydrogens (tertiary/aromatic N) is 1. The summed E-state index contributed by atoms with van der Waals surface area (Å²) in [5, 5.41) is 5.06. The van der Waals surface area contributed by atoms with Crippen LogP contribution >= 0.6 is 0 Å². The van der Waals surface area contributed by atoms with Gasteiger partial charge in [-0.1, -0.05) is 18.2 Å². The third-order valence-electron chi connectivity index (χ3n) is 4.70. The molecule has 0 heterocycles. The predicted molar refractivity (Wildman–Crippen MR) is 106 cm³/mol. The molecule has 0 aromatic heterocycles. The molecule has 0 radical (unpaired) electrons. The second-order valence-corrected chi connectivity index (χ2v) is 6.63. The first kappa shape index (κ1) is 18.9. The fourth-order valence-electron chi connectivity index (χ4n) is 2.90. The average Bonchev–Trinajstić information content (AvgIpc) is 2.68. The number of fused-ring (bicyclic) bond motifs is 1. The fraction of sp³-hybridized carbons (Fsp3) is 0.227. The Labute approximate surface area is 158 Å². The van der Waals surface area contributed by atoms with Gasteiger partial charge < -0.3 is 10.1 Å². The van der Waals surface area contributed by atoms with E-state index >= 15 is 0 Å². The molecule has 5 heteroatoms. The van der Waals surface area contributed by atoms with E-state index in [4.69, 9.17) is 4.74 Å². The minimum absolute atomic E-state index is 0.130. The van der Waals surface area contributed by atoms with Crippen LogP contribution in [-0.4, -0.2) is 31.0 Å². The van der Waals surface area contributed by atoms with E-state index in [-0.39, 0.29) is 17.8 Å².